The van der Waals surface area contributed by atoms with Gasteiger partial charge < -0.3 is 11.1 Å². The summed E-state index contributed by atoms with van der Waals surface area (Å²) in [5.74, 6) is 1.11. The van der Waals surface area contributed by atoms with Gasteiger partial charge in [-0.2, -0.15) is 0 Å². The molecular formula is C30H37FN2. The van der Waals surface area contributed by atoms with Crippen molar-refractivity contribution in [1.82, 2.24) is 0 Å². The van der Waals surface area contributed by atoms with Gasteiger partial charge in [0.05, 0.1) is 0 Å². The Morgan fingerprint density at radius 3 is 2.09 bits per heavy atom. The number of halogens is 1. The minimum atomic E-state index is -0.184. The van der Waals surface area contributed by atoms with Crippen LogP contribution < -0.4 is 11.1 Å². The highest BCUT2D eigenvalue weighted by atomic mass is 19.1. The van der Waals surface area contributed by atoms with Crippen molar-refractivity contribution in [3.63, 3.8) is 0 Å². The molecule has 0 spiro atoms. The van der Waals surface area contributed by atoms with E-state index in [9.17, 15) is 4.39 Å². The molecule has 174 valence electrons. The Balaban J connectivity index is 1.43. The van der Waals surface area contributed by atoms with Crippen LogP contribution in [0.2, 0.25) is 0 Å². The van der Waals surface area contributed by atoms with Crippen molar-refractivity contribution in [3.8, 4) is 22.3 Å². The molecule has 3 N–H and O–H groups in total. The summed E-state index contributed by atoms with van der Waals surface area (Å²) in [6.07, 6.45) is 7.03. The van der Waals surface area contributed by atoms with E-state index in [1.54, 1.807) is 6.07 Å². The van der Waals surface area contributed by atoms with E-state index in [4.69, 9.17) is 5.73 Å². The number of nitrogens with one attached hydrogen (secondary N) is 1. The maximum atomic E-state index is 15.0. The van der Waals surface area contributed by atoms with Gasteiger partial charge in [0, 0.05) is 23.8 Å². The zero-order chi connectivity index (χ0) is 23.2. The molecule has 3 aromatic carbocycles. The predicted octanol–water partition coefficient (Wildman–Crippen LogP) is 7.99. The number of rotatable bonds is 8. The summed E-state index contributed by atoms with van der Waals surface area (Å²) in [6.45, 7) is 5.27. The summed E-state index contributed by atoms with van der Waals surface area (Å²) >= 11 is 0. The third-order valence-corrected chi connectivity index (χ3v) is 7.31. The van der Waals surface area contributed by atoms with Gasteiger partial charge in [-0.05, 0) is 90.8 Å². The normalized spacial score (nSPS) is 19.3. The Morgan fingerprint density at radius 2 is 1.48 bits per heavy atom. The highest BCUT2D eigenvalue weighted by Gasteiger charge is 2.25. The molecule has 0 radical (unpaired) electrons. The lowest BCUT2D eigenvalue weighted by molar-refractivity contribution is 0.277. The zero-order valence-electron chi connectivity index (χ0n) is 20.0. The van der Waals surface area contributed by atoms with Gasteiger partial charge in [-0.3, -0.25) is 0 Å². The molecule has 2 nitrogen and oxygen atoms in total. The summed E-state index contributed by atoms with van der Waals surface area (Å²) in [7, 11) is 0. The molecule has 1 saturated carbocycles. The maximum Gasteiger partial charge on any atom is 0.131 e. The summed E-state index contributed by atoms with van der Waals surface area (Å²) in [6, 6.07) is 22.7. The van der Waals surface area contributed by atoms with Crippen LogP contribution in [0.1, 0.15) is 63.9 Å². The molecule has 33 heavy (non-hydrogen) atoms. The van der Waals surface area contributed by atoms with E-state index >= 15 is 0 Å². The second-order valence-electron chi connectivity index (χ2n) is 9.50. The van der Waals surface area contributed by atoms with E-state index < -0.39 is 0 Å². The van der Waals surface area contributed by atoms with E-state index in [2.05, 4.69) is 43.4 Å². The summed E-state index contributed by atoms with van der Waals surface area (Å²) in [4.78, 5) is 0. The van der Waals surface area contributed by atoms with E-state index in [0.29, 0.717) is 23.4 Å². The van der Waals surface area contributed by atoms with E-state index in [-0.39, 0.29) is 5.82 Å². The minimum absolute atomic E-state index is 0.184. The fourth-order valence-corrected chi connectivity index (χ4v) is 5.13. The van der Waals surface area contributed by atoms with Gasteiger partial charge in [0.2, 0.25) is 0 Å². The second kappa shape index (κ2) is 11.0. The lowest BCUT2D eigenvalue weighted by Crippen LogP contribution is -2.32. The molecule has 0 saturated heterocycles. The highest BCUT2D eigenvalue weighted by Crippen LogP contribution is 2.38. The first-order valence-electron chi connectivity index (χ1n) is 12.6. The molecule has 0 aliphatic heterocycles. The Labute approximate surface area is 198 Å². The van der Waals surface area contributed by atoms with Gasteiger partial charge in [0.25, 0.3) is 0 Å². The number of anilines is 1. The van der Waals surface area contributed by atoms with Crippen molar-refractivity contribution in [2.45, 2.75) is 64.3 Å². The van der Waals surface area contributed by atoms with Crippen LogP contribution in [0.3, 0.4) is 0 Å². The first-order chi connectivity index (χ1) is 16.1. The molecule has 1 aliphatic carbocycles. The monoisotopic (exact) mass is 444 g/mol. The average molecular weight is 445 g/mol. The SMILES string of the molecule is CCCNc1ccc(-c2ccc(-c3ccc(C4CCC(C(N)CC)CC4)cc3)cc2F)cc1. The van der Waals surface area contributed by atoms with Crippen molar-refractivity contribution in [2.24, 2.45) is 11.7 Å². The van der Waals surface area contributed by atoms with Crippen LogP contribution in [0.4, 0.5) is 10.1 Å². The molecule has 1 fully saturated rings. The molecular weight excluding hydrogens is 407 g/mol. The van der Waals surface area contributed by atoms with E-state index in [0.717, 1.165) is 41.8 Å². The molecule has 3 heteroatoms. The maximum absolute atomic E-state index is 15.0. The smallest absolute Gasteiger partial charge is 0.131 e. The number of hydrogen-bond donors (Lipinski definition) is 2. The molecule has 0 bridgehead atoms. The first-order valence-corrected chi connectivity index (χ1v) is 12.6. The van der Waals surface area contributed by atoms with Gasteiger partial charge in [-0.25, -0.2) is 4.39 Å². The van der Waals surface area contributed by atoms with E-state index in [1.807, 2.05) is 36.4 Å². The molecule has 1 aliphatic rings. The average Bonchev–Trinajstić information content (AvgIpc) is 2.87. The van der Waals surface area contributed by atoms with Crippen LogP contribution >= 0.6 is 0 Å². The largest absolute Gasteiger partial charge is 0.385 e. The molecule has 4 rings (SSSR count). The topological polar surface area (TPSA) is 38.0 Å². The summed E-state index contributed by atoms with van der Waals surface area (Å²) < 4.78 is 15.0. The van der Waals surface area contributed by atoms with Crippen molar-refractivity contribution >= 4 is 5.69 Å². The lowest BCUT2D eigenvalue weighted by atomic mass is 9.75. The Bertz CT molecular complexity index is 1020. The van der Waals surface area contributed by atoms with Gasteiger partial charge >= 0.3 is 0 Å². The van der Waals surface area contributed by atoms with Crippen molar-refractivity contribution in [3.05, 3.63) is 78.1 Å². The molecule has 0 aromatic heterocycles. The Hall–Kier alpha value is -2.65. The van der Waals surface area contributed by atoms with Gasteiger partial charge in [0.1, 0.15) is 5.82 Å². The van der Waals surface area contributed by atoms with E-state index in [1.165, 1.54) is 31.2 Å². The van der Waals surface area contributed by atoms with Crippen LogP contribution in [0.15, 0.2) is 66.7 Å². The molecule has 1 unspecified atom stereocenters. The Morgan fingerprint density at radius 1 is 0.848 bits per heavy atom. The second-order valence-corrected chi connectivity index (χ2v) is 9.50. The predicted molar refractivity (Wildman–Crippen MR) is 139 cm³/mol. The van der Waals surface area contributed by atoms with Crippen LogP contribution in [-0.2, 0) is 0 Å². The molecule has 3 aromatic rings. The van der Waals surface area contributed by atoms with Crippen molar-refractivity contribution in [2.75, 3.05) is 11.9 Å². The summed E-state index contributed by atoms with van der Waals surface area (Å²) in [5, 5.41) is 3.36. The van der Waals surface area contributed by atoms with Crippen LogP contribution in [-0.4, -0.2) is 12.6 Å². The van der Waals surface area contributed by atoms with Gasteiger partial charge in [0.15, 0.2) is 0 Å². The number of nitrogens with two attached hydrogens (primary N) is 1. The van der Waals surface area contributed by atoms with Crippen LogP contribution in [0.5, 0.6) is 0 Å². The summed E-state index contributed by atoms with van der Waals surface area (Å²) in [5.41, 5.74) is 12.2. The number of hydrogen-bond acceptors (Lipinski definition) is 2. The fourth-order valence-electron chi connectivity index (χ4n) is 5.13. The third kappa shape index (κ3) is 5.65. The number of benzene rings is 3. The molecule has 0 heterocycles. The zero-order valence-corrected chi connectivity index (χ0v) is 20.0. The van der Waals surface area contributed by atoms with Crippen LogP contribution in [0.25, 0.3) is 22.3 Å². The quantitative estimate of drug-likeness (QED) is 0.369. The standard InChI is InChI=1S/C30H37FN2/c1-3-19-33-27-16-13-24(14-17-27)28-18-15-26(20-29(28)31)23-7-5-21(6-8-23)22-9-11-25(12-10-22)30(32)4-2/h5-8,13-18,20,22,25,30,33H,3-4,9-12,19,32H2,1-2H3. The Kier molecular flexibility index (Phi) is 7.82. The molecule has 0 amide bonds. The van der Waals surface area contributed by atoms with Crippen molar-refractivity contribution in [1.29, 1.82) is 0 Å². The van der Waals surface area contributed by atoms with Crippen molar-refractivity contribution < 1.29 is 4.39 Å². The van der Waals surface area contributed by atoms with Crippen LogP contribution in [0, 0.1) is 11.7 Å². The third-order valence-electron chi connectivity index (χ3n) is 7.31. The fraction of sp³-hybridized carbons (Fsp3) is 0.400. The highest BCUT2D eigenvalue weighted by molar-refractivity contribution is 5.72. The lowest BCUT2D eigenvalue weighted by Gasteiger charge is -2.32. The minimum Gasteiger partial charge on any atom is -0.385 e. The van der Waals surface area contributed by atoms with Gasteiger partial charge in [-0.1, -0.05) is 62.4 Å². The molecule has 1 atom stereocenters. The first kappa shape index (κ1) is 23.5. The van der Waals surface area contributed by atoms with Gasteiger partial charge in [-0.15, -0.1) is 0 Å².